The number of rotatable bonds is 4. The summed E-state index contributed by atoms with van der Waals surface area (Å²) in [5.41, 5.74) is -22.8. The lowest BCUT2D eigenvalue weighted by Gasteiger charge is -2.30. The minimum absolute atomic E-state index is 1.90. The second-order valence-corrected chi connectivity index (χ2v) is 20.8. The molecule has 0 saturated heterocycles. The van der Waals surface area contributed by atoms with Crippen molar-refractivity contribution in [3.8, 4) is 0 Å². The van der Waals surface area contributed by atoms with Crippen LogP contribution in [0.15, 0.2) is 0 Å². The molecule has 128 valence electrons. The molecule has 17 heteroatoms. The third kappa shape index (κ3) is 11.9. The summed E-state index contributed by atoms with van der Waals surface area (Å²) in [7, 11) is 0. The van der Waals surface area contributed by atoms with Gasteiger partial charge in [-0.1, -0.05) is 0 Å². The van der Waals surface area contributed by atoms with Gasteiger partial charge in [0.05, 0.1) is 0 Å². The van der Waals surface area contributed by atoms with Gasteiger partial charge in [-0.3, -0.25) is 0 Å². The SMILES string of the molecule is FC(F)(F)S[Si](SC(F)(F)F)(SC(F)(F)F)SC(F)(F)F. The van der Waals surface area contributed by atoms with E-state index >= 15 is 0 Å². The number of alkyl halides is 12. The van der Waals surface area contributed by atoms with Crippen LogP contribution in [0.2, 0.25) is 0 Å². The summed E-state index contributed by atoms with van der Waals surface area (Å²) in [6.07, 6.45) is 0. The van der Waals surface area contributed by atoms with Crippen molar-refractivity contribution in [2.24, 2.45) is 0 Å². The normalized spacial score (nSPS) is 15.4. The summed E-state index contributed by atoms with van der Waals surface area (Å²) in [4.78, 5) is 0. The van der Waals surface area contributed by atoms with Gasteiger partial charge in [-0.2, -0.15) is 52.7 Å². The maximum absolute atomic E-state index is 12.1. The summed E-state index contributed by atoms with van der Waals surface area (Å²) >= 11 is -7.61. The van der Waals surface area contributed by atoms with Crippen molar-refractivity contribution in [3.63, 3.8) is 0 Å². The monoisotopic (exact) mass is 432 g/mol. The summed E-state index contributed by atoms with van der Waals surface area (Å²) < 4.78 is 139. The van der Waals surface area contributed by atoms with E-state index in [0.717, 1.165) is 0 Å². The van der Waals surface area contributed by atoms with E-state index in [1.165, 1.54) is 0 Å². The molecule has 0 fully saturated rings. The maximum atomic E-state index is 12.1. The van der Waals surface area contributed by atoms with Crippen LogP contribution < -0.4 is 0 Å². The van der Waals surface area contributed by atoms with E-state index < -0.39 is 71.5 Å². The van der Waals surface area contributed by atoms with E-state index in [-0.39, 0.29) is 0 Å². The van der Waals surface area contributed by atoms with Crippen LogP contribution in [0.5, 0.6) is 0 Å². The lowest BCUT2D eigenvalue weighted by atomic mass is 11.6. The van der Waals surface area contributed by atoms with Crippen molar-refractivity contribution in [1.82, 2.24) is 0 Å². The van der Waals surface area contributed by atoms with E-state index in [1.54, 1.807) is 0 Å². The van der Waals surface area contributed by atoms with Gasteiger partial charge in [-0.25, -0.2) is 0 Å². The second kappa shape index (κ2) is 6.72. The average Bonchev–Trinajstić information content (AvgIpc) is 1.83. The van der Waals surface area contributed by atoms with Gasteiger partial charge < -0.3 is 0 Å². The molecule has 0 saturated carbocycles. The van der Waals surface area contributed by atoms with E-state index in [1.807, 2.05) is 0 Å². The molecule has 0 aliphatic rings. The zero-order chi connectivity index (χ0) is 17.3. The Balaban J connectivity index is 5.70. The first-order valence-electron chi connectivity index (χ1n) is 3.90. The van der Waals surface area contributed by atoms with Crippen molar-refractivity contribution < 1.29 is 52.7 Å². The minimum Gasteiger partial charge on any atom is -0.161 e. The van der Waals surface area contributed by atoms with Crippen LogP contribution in [-0.4, -0.2) is 26.7 Å². The average molecular weight is 432 g/mol. The molecule has 0 nitrogen and oxygen atoms in total. The first kappa shape index (κ1) is 21.8. The Kier molecular flexibility index (Phi) is 6.97. The molecule has 0 heterocycles. The summed E-state index contributed by atoms with van der Waals surface area (Å²) in [5.74, 6) is 0. The van der Waals surface area contributed by atoms with Gasteiger partial charge in [0.1, 0.15) is 0 Å². The van der Waals surface area contributed by atoms with Crippen molar-refractivity contribution in [2.75, 3.05) is 0 Å². The predicted octanol–water partition coefficient (Wildman–Crippen LogP) is 6.43. The zero-order valence-corrected chi connectivity index (χ0v) is 12.9. The summed E-state index contributed by atoms with van der Waals surface area (Å²) in [6, 6.07) is 0. The molecule has 0 aliphatic heterocycles. The molecule has 0 rings (SSSR count). The smallest absolute Gasteiger partial charge is 0.161 e. The molecule has 0 spiro atoms. The maximum Gasteiger partial charge on any atom is 0.438 e. The molecule has 0 radical (unpaired) electrons. The van der Waals surface area contributed by atoms with Gasteiger partial charge in [0.2, 0.25) is 0 Å². The van der Waals surface area contributed by atoms with Gasteiger partial charge in [-0.15, -0.1) is 0 Å². The van der Waals surface area contributed by atoms with Crippen molar-refractivity contribution in [3.05, 3.63) is 0 Å². The van der Waals surface area contributed by atoms with Crippen LogP contribution in [0.3, 0.4) is 0 Å². The van der Waals surface area contributed by atoms with Gasteiger partial charge in [-0.05, 0) is 44.8 Å². The fourth-order valence-electron chi connectivity index (χ4n) is 0.692. The van der Waals surface area contributed by atoms with Crippen molar-refractivity contribution >= 4 is 49.5 Å². The van der Waals surface area contributed by atoms with Crippen LogP contribution in [0.1, 0.15) is 0 Å². The molecule has 0 aromatic heterocycles. The van der Waals surface area contributed by atoms with Gasteiger partial charge in [0, 0.05) is 0 Å². The number of halogens is 12. The standard InChI is InChI=1S/C4F12S4Si/c5-1(6,7)17-21(18-2(8,9)10,19-3(11,12)13)20-4(14,15)16. The zero-order valence-electron chi connectivity index (χ0n) is 8.67. The van der Waals surface area contributed by atoms with Gasteiger partial charge >= 0.3 is 26.7 Å². The fourth-order valence-corrected chi connectivity index (χ4v) is 18.7. The van der Waals surface area contributed by atoms with Crippen molar-refractivity contribution in [2.45, 2.75) is 22.0 Å². The van der Waals surface area contributed by atoms with Crippen LogP contribution in [0.25, 0.3) is 0 Å². The van der Waals surface area contributed by atoms with E-state index in [2.05, 4.69) is 0 Å². The fraction of sp³-hybridized carbons (Fsp3) is 1.00. The molecule has 0 aromatic rings. The Hall–Kier alpha value is 0.777. The first-order chi connectivity index (χ1) is 8.83. The van der Waals surface area contributed by atoms with Crippen LogP contribution >= 0.6 is 44.8 Å². The van der Waals surface area contributed by atoms with Crippen LogP contribution in [0.4, 0.5) is 52.7 Å². The predicted molar refractivity (Wildman–Crippen MR) is 60.3 cm³/mol. The molecular formula is C4F12S4Si. The second-order valence-electron chi connectivity index (χ2n) is 2.69. The van der Waals surface area contributed by atoms with Crippen LogP contribution in [0, 0.1) is 0 Å². The molecule has 0 N–H and O–H groups in total. The Bertz CT molecular complexity index is 270. The lowest BCUT2D eigenvalue weighted by molar-refractivity contribution is -0.0315. The first-order valence-corrected chi connectivity index (χ1v) is 12.1. The lowest BCUT2D eigenvalue weighted by Crippen LogP contribution is -2.34. The Morgan fingerprint density at radius 1 is 0.381 bits per heavy atom. The molecule has 0 atom stereocenters. The summed E-state index contributed by atoms with van der Waals surface area (Å²) in [5, 5.41) is 0. The Morgan fingerprint density at radius 3 is 0.619 bits per heavy atom. The number of hydrogen-bond acceptors (Lipinski definition) is 4. The topological polar surface area (TPSA) is 0 Å². The summed E-state index contributed by atoms with van der Waals surface area (Å²) in [6.45, 7) is 0. The highest BCUT2D eigenvalue weighted by Crippen LogP contribution is 2.65. The van der Waals surface area contributed by atoms with E-state index in [0.29, 0.717) is 0 Å². The molecule has 21 heavy (non-hydrogen) atoms. The van der Waals surface area contributed by atoms with E-state index in [4.69, 9.17) is 0 Å². The Morgan fingerprint density at radius 2 is 0.524 bits per heavy atom. The van der Waals surface area contributed by atoms with Crippen molar-refractivity contribution in [1.29, 1.82) is 0 Å². The molecular weight excluding hydrogens is 432 g/mol. The number of hydrogen-bond donors (Lipinski definition) is 0. The highest BCUT2D eigenvalue weighted by atomic mass is 32.9. The van der Waals surface area contributed by atoms with Crippen LogP contribution in [-0.2, 0) is 0 Å². The van der Waals surface area contributed by atoms with Gasteiger partial charge in [0.25, 0.3) is 0 Å². The Labute approximate surface area is 124 Å². The highest BCUT2D eigenvalue weighted by Gasteiger charge is 2.63. The third-order valence-corrected chi connectivity index (χ3v) is 17.7. The largest absolute Gasteiger partial charge is 0.438 e. The molecule has 0 aromatic carbocycles. The quantitative estimate of drug-likeness (QED) is 0.371. The molecule has 0 amide bonds. The molecule has 0 aliphatic carbocycles. The highest BCUT2D eigenvalue weighted by molar-refractivity contribution is 9.00. The van der Waals surface area contributed by atoms with Gasteiger partial charge in [0.15, 0.2) is 0 Å². The van der Waals surface area contributed by atoms with E-state index in [9.17, 15) is 52.7 Å². The third-order valence-electron chi connectivity index (χ3n) is 0.963. The minimum atomic E-state index is -6.17. The molecule has 0 unspecified atom stereocenters. The molecule has 0 bridgehead atoms.